The van der Waals surface area contributed by atoms with Crippen LogP contribution < -0.4 is 5.32 Å². The Morgan fingerprint density at radius 3 is 2.44 bits per heavy atom. The van der Waals surface area contributed by atoms with Crippen molar-refractivity contribution in [2.24, 2.45) is 5.92 Å². The second kappa shape index (κ2) is 6.61. The van der Waals surface area contributed by atoms with E-state index in [2.05, 4.69) is 17.3 Å². The number of rotatable bonds is 6. The molecule has 1 heterocycles. The van der Waals surface area contributed by atoms with Gasteiger partial charge in [-0.1, -0.05) is 25.7 Å². The molecule has 2 rings (SSSR count). The van der Waals surface area contributed by atoms with Gasteiger partial charge in [0.25, 0.3) is 0 Å². The van der Waals surface area contributed by atoms with E-state index in [1.54, 1.807) is 0 Å². The van der Waals surface area contributed by atoms with Crippen molar-refractivity contribution in [1.29, 1.82) is 0 Å². The van der Waals surface area contributed by atoms with Gasteiger partial charge in [0.2, 0.25) is 0 Å². The fourth-order valence-corrected chi connectivity index (χ4v) is 3.19. The Kier molecular flexibility index (Phi) is 5.11. The van der Waals surface area contributed by atoms with Gasteiger partial charge in [0.1, 0.15) is 0 Å². The van der Waals surface area contributed by atoms with Crippen molar-refractivity contribution >= 4 is 0 Å². The van der Waals surface area contributed by atoms with Gasteiger partial charge in [-0.2, -0.15) is 0 Å². The first kappa shape index (κ1) is 12.4. The maximum Gasteiger partial charge on any atom is 0.00797 e. The van der Waals surface area contributed by atoms with Crippen LogP contribution in [0.25, 0.3) is 0 Å². The number of hydrogen-bond acceptors (Lipinski definition) is 2. The van der Waals surface area contributed by atoms with E-state index < -0.39 is 0 Å². The van der Waals surface area contributed by atoms with Crippen LogP contribution in [0.4, 0.5) is 0 Å². The Morgan fingerprint density at radius 1 is 1.00 bits per heavy atom. The quantitative estimate of drug-likeness (QED) is 0.746. The van der Waals surface area contributed by atoms with Gasteiger partial charge in [-0.25, -0.2) is 0 Å². The summed E-state index contributed by atoms with van der Waals surface area (Å²) in [5.41, 5.74) is 0. The molecule has 16 heavy (non-hydrogen) atoms. The molecule has 0 spiro atoms. The Bertz CT molecular complexity index is 161. The number of hydrogen-bond donors (Lipinski definition) is 1. The molecule has 0 aromatic carbocycles. The number of nitrogens with one attached hydrogen (secondary N) is 1. The third kappa shape index (κ3) is 4.06. The Morgan fingerprint density at radius 2 is 1.75 bits per heavy atom. The Labute approximate surface area is 101 Å². The van der Waals surface area contributed by atoms with Crippen molar-refractivity contribution in [3.8, 4) is 0 Å². The molecule has 2 nitrogen and oxygen atoms in total. The van der Waals surface area contributed by atoms with Crippen LogP contribution in [-0.2, 0) is 0 Å². The zero-order valence-electron chi connectivity index (χ0n) is 10.9. The fraction of sp³-hybridized carbons (Fsp3) is 1.00. The van der Waals surface area contributed by atoms with Gasteiger partial charge < -0.3 is 10.2 Å². The first-order valence-corrected chi connectivity index (χ1v) is 7.26. The lowest BCUT2D eigenvalue weighted by molar-refractivity contribution is 0.286. The van der Waals surface area contributed by atoms with Crippen molar-refractivity contribution < 1.29 is 0 Å². The van der Waals surface area contributed by atoms with Crippen LogP contribution in [0.5, 0.6) is 0 Å². The summed E-state index contributed by atoms with van der Waals surface area (Å²) in [5.74, 6) is 1.05. The fourth-order valence-electron chi connectivity index (χ4n) is 3.19. The third-order valence-electron chi connectivity index (χ3n) is 4.42. The van der Waals surface area contributed by atoms with Crippen molar-refractivity contribution in [2.75, 3.05) is 26.7 Å². The second-order valence-electron chi connectivity index (χ2n) is 5.82. The van der Waals surface area contributed by atoms with Gasteiger partial charge >= 0.3 is 0 Å². The summed E-state index contributed by atoms with van der Waals surface area (Å²) in [6, 6.07) is 0.814. The molecule has 1 saturated heterocycles. The summed E-state index contributed by atoms with van der Waals surface area (Å²) in [6.45, 7) is 3.85. The van der Waals surface area contributed by atoms with Crippen molar-refractivity contribution in [1.82, 2.24) is 10.2 Å². The summed E-state index contributed by atoms with van der Waals surface area (Å²) in [7, 11) is 2.30. The van der Waals surface area contributed by atoms with E-state index >= 15 is 0 Å². The van der Waals surface area contributed by atoms with Gasteiger partial charge in [0.15, 0.2) is 0 Å². The van der Waals surface area contributed by atoms with Crippen LogP contribution in [0, 0.1) is 5.92 Å². The summed E-state index contributed by atoms with van der Waals surface area (Å²) in [6.07, 6.45) is 11.5. The topological polar surface area (TPSA) is 15.3 Å². The first-order chi connectivity index (χ1) is 7.84. The van der Waals surface area contributed by atoms with E-state index in [1.807, 2.05) is 0 Å². The largest absolute Gasteiger partial charge is 0.314 e. The van der Waals surface area contributed by atoms with Crippen LogP contribution in [0.1, 0.15) is 51.4 Å². The molecule has 2 aliphatic rings. The van der Waals surface area contributed by atoms with E-state index in [1.165, 1.54) is 71.0 Å². The molecule has 2 fully saturated rings. The van der Waals surface area contributed by atoms with Gasteiger partial charge in [0.05, 0.1) is 0 Å². The summed E-state index contributed by atoms with van der Waals surface area (Å²) >= 11 is 0. The van der Waals surface area contributed by atoms with E-state index in [-0.39, 0.29) is 0 Å². The molecule has 0 aromatic heterocycles. The van der Waals surface area contributed by atoms with Gasteiger partial charge in [0, 0.05) is 6.04 Å². The van der Waals surface area contributed by atoms with E-state index in [4.69, 9.17) is 0 Å². The molecule has 1 unspecified atom stereocenters. The predicted octanol–water partition coefficient (Wildman–Crippen LogP) is 2.64. The molecule has 1 aliphatic carbocycles. The highest BCUT2D eigenvalue weighted by Gasteiger charge is 2.17. The van der Waals surface area contributed by atoms with Gasteiger partial charge in [-0.05, 0) is 58.3 Å². The summed E-state index contributed by atoms with van der Waals surface area (Å²) in [5, 5.41) is 3.58. The average Bonchev–Trinajstić information content (AvgIpc) is 2.96. The van der Waals surface area contributed by atoms with Crippen LogP contribution in [0.15, 0.2) is 0 Å². The van der Waals surface area contributed by atoms with Crippen molar-refractivity contribution in [3.63, 3.8) is 0 Å². The molecule has 0 aromatic rings. The molecule has 2 heteroatoms. The van der Waals surface area contributed by atoms with Crippen LogP contribution in [0.3, 0.4) is 0 Å². The standard InChI is InChI=1S/C14H28N2/c1-16(11-8-13-5-2-3-6-13)12-9-14-7-4-10-15-14/h13-15H,2-12H2,1H3. The van der Waals surface area contributed by atoms with E-state index in [0.717, 1.165) is 12.0 Å². The molecular weight excluding hydrogens is 196 g/mol. The monoisotopic (exact) mass is 224 g/mol. The van der Waals surface area contributed by atoms with Crippen LogP contribution in [-0.4, -0.2) is 37.6 Å². The average molecular weight is 224 g/mol. The van der Waals surface area contributed by atoms with Crippen LogP contribution >= 0.6 is 0 Å². The van der Waals surface area contributed by atoms with Gasteiger partial charge in [-0.3, -0.25) is 0 Å². The highest BCUT2D eigenvalue weighted by Crippen LogP contribution is 2.27. The smallest absolute Gasteiger partial charge is 0.00797 e. The predicted molar refractivity (Wildman–Crippen MR) is 69.7 cm³/mol. The molecular formula is C14H28N2. The lowest BCUT2D eigenvalue weighted by Gasteiger charge is -2.20. The number of nitrogens with zero attached hydrogens (tertiary/aromatic N) is 1. The molecule has 1 N–H and O–H groups in total. The van der Waals surface area contributed by atoms with Gasteiger partial charge in [-0.15, -0.1) is 0 Å². The first-order valence-electron chi connectivity index (χ1n) is 7.26. The maximum absolute atomic E-state index is 3.58. The minimum absolute atomic E-state index is 0.814. The molecule has 1 atom stereocenters. The SMILES string of the molecule is CN(CCC1CCCC1)CCC1CCCN1. The molecule has 0 radical (unpaired) electrons. The van der Waals surface area contributed by atoms with Crippen LogP contribution in [0.2, 0.25) is 0 Å². The molecule has 1 aliphatic heterocycles. The highest BCUT2D eigenvalue weighted by atomic mass is 15.1. The normalized spacial score (nSPS) is 27.0. The minimum atomic E-state index is 0.814. The molecule has 94 valence electrons. The zero-order chi connectivity index (χ0) is 11.2. The second-order valence-corrected chi connectivity index (χ2v) is 5.82. The zero-order valence-corrected chi connectivity index (χ0v) is 10.9. The van der Waals surface area contributed by atoms with Crippen molar-refractivity contribution in [3.05, 3.63) is 0 Å². The Balaban J connectivity index is 1.51. The van der Waals surface area contributed by atoms with E-state index in [0.29, 0.717) is 0 Å². The Hall–Kier alpha value is -0.0800. The summed E-state index contributed by atoms with van der Waals surface area (Å²) < 4.78 is 0. The van der Waals surface area contributed by atoms with Crippen molar-refractivity contribution in [2.45, 2.75) is 57.4 Å². The molecule has 0 amide bonds. The lowest BCUT2D eigenvalue weighted by atomic mass is 10.0. The molecule has 0 bridgehead atoms. The summed E-state index contributed by atoms with van der Waals surface area (Å²) in [4.78, 5) is 2.54. The lowest BCUT2D eigenvalue weighted by Crippen LogP contribution is -2.29. The molecule has 1 saturated carbocycles. The highest BCUT2D eigenvalue weighted by molar-refractivity contribution is 4.75. The maximum atomic E-state index is 3.58. The van der Waals surface area contributed by atoms with E-state index in [9.17, 15) is 0 Å². The third-order valence-corrected chi connectivity index (χ3v) is 4.42. The minimum Gasteiger partial charge on any atom is -0.314 e.